The summed E-state index contributed by atoms with van der Waals surface area (Å²) >= 11 is 0. The van der Waals surface area contributed by atoms with Crippen molar-refractivity contribution in [2.75, 3.05) is 14.1 Å². The smallest absolute Gasteiger partial charge is 0.366 e. The number of imidazole rings is 1. The average molecular weight is 532 g/mol. The Hall–Kier alpha value is -4.58. The van der Waals surface area contributed by atoms with Gasteiger partial charge in [0, 0.05) is 32.7 Å². The van der Waals surface area contributed by atoms with Crippen molar-refractivity contribution in [2.45, 2.75) is 39.4 Å². The molecule has 0 saturated heterocycles. The van der Waals surface area contributed by atoms with Gasteiger partial charge in [-0.05, 0) is 48.3 Å². The zero-order valence-corrected chi connectivity index (χ0v) is 22.4. The molecule has 1 N–H and O–H groups in total. The molecule has 0 spiro atoms. The number of nitrogens with zero attached hydrogens (tertiary/aromatic N) is 7. The molecular weight excluding hydrogens is 502 g/mol. The van der Waals surface area contributed by atoms with Crippen LogP contribution in [0.2, 0.25) is 0 Å². The van der Waals surface area contributed by atoms with Crippen LogP contribution in [-0.2, 0) is 26.7 Å². The van der Waals surface area contributed by atoms with Gasteiger partial charge < -0.3 is 19.6 Å². The standard InChI is InChI=1S/C27H29N7O5/c1-15(2)19-9-20(25(36)33-12-17-7-6-16(11-31(3)4)8-18(17)13-33)21(35)10-22(19)39-26(37)23-24-29-30-32(5)27(38)34(24)14-28-23/h6-10,14-15,35H,11-13H2,1-5H3. The minimum Gasteiger partial charge on any atom is -0.507 e. The molecule has 1 aliphatic heterocycles. The van der Waals surface area contributed by atoms with Crippen LogP contribution in [0.3, 0.4) is 0 Å². The number of aromatic nitrogens is 5. The Morgan fingerprint density at radius 3 is 2.59 bits per heavy atom. The molecule has 0 fully saturated rings. The number of carbonyl (C=O) groups is 2. The minimum atomic E-state index is -0.871. The van der Waals surface area contributed by atoms with Gasteiger partial charge in [0.2, 0.25) is 0 Å². The third-order valence-corrected chi connectivity index (χ3v) is 6.65. The van der Waals surface area contributed by atoms with Gasteiger partial charge in [-0.3, -0.25) is 4.79 Å². The number of esters is 1. The first-order valence-corrected chi connectivity index (χ1v) is 12.4. The van der Waals surface area contributed by atoms with Crippen LogP contribution in [0, 0.1) is 0 Å². The Bertz CT molecular complexity index is 1670. The molecule has 3 heterocycles. The number of benzene rings is 2. The molecule has 0 radical (unpaired) electrons. The minimum absolute atomic E-state index is 0.0486. The fourth-order valence-electron chi connectivity index (χ4n) is 4.70. The highest BCUT2D eigenvalue weighted by atomic mass is 16.5. The lowest BCUT2D eigenvalue weighted by Crippen LogP contribution is -2.27. The predicted octanol–water partition coefficient (Wildman–Crippen LogP) is 2.09. The number of fused-ring (bicyclic) bond motifs is 2. The lowest BCUT2D eigenvalue weighted by molar-refractivity contribution is 0.0728. The van der Waals surface area contributed by atoms with E-state index in [9.17, 15) is 19.5 Å². The number of rotatable bonds is 6. The molecule has 0 unspecified atom stereocenters. The molecule has 12 heteroatoms. The number of aryl methyl sites for hydroxylation is 1. The van der Waals surface area contributed by atoms with Crippen LogP contribution in [0.4, 0.5) is 0 Å². The molecule has 5 rings (SSSR count). The lowest BCUT2D eigenvalue weighted by Gasteiger charge is -2.19. The van der Waals surface area contributed by atoms with E-state index < -0.39 is 11.7 Å². The number of hydrogen-bond donors (Lipinski definition) is 1. The van der Waals surface area contributed by atoms with Crippen molar-refractivity contribution in [3.63, 3.8) is 0 Å². The van der Waals surface area contributed by atoms with Crippen molar-refractivity contribution in [3.8, 4) is 11.5 Å². The summed E-state index contributed by atoms with van der Waals surface area (Å²) in [7, 11) is 5.44. The number of hydrogen-bond acceptors (Lipinski definition) is 9. The summed E-state index contributed by atoms with van der Waals surface area (Å²) in [4.78, 5) is 46.4. The van der Waals surface area contributed by atoms with Crippen molar-refractivity contribution in [3.05, 3.63) is 80.7 Å². The van der Waals surface area contributed by atoms with Gasteiger partial charge >= 0.3 is 11.7 Å². The molecule has 0 aliphatic carbocycles. The molecule has 2 aromatic carbocycles. The van der Waals surface area contributed by atoms with Crippen LogP contribution in [0.15, 0.2) is 41.5 Å². The third-order valence-electron chi connectivity index (χ3n) is 6.65. The monoisotopic (exact) mass is 531 g/mol. The number of carbonyl (C=O) groups excluding carboxylic acids is 2. The molecule has 12 nitrogen and oxygen atoms in total. The first-order chi connectivity index (χ1) is 18.5. The highest BCUT2D eigenvalue weighted by Gasteiger charge is 2.29. The van der Waals surface area contributed by atoms with Crippen LogP contribution < -0.4 is 10.4 Å². The van der Waals surface area contributed by atoms with Crippen LogP contribution in [0.25, 0.3) is 5.65 Å². The summed E-state index contributed by atoms with van der Waals surface area (Å²) in [6.07, 6.45) is 1.17. The lowest BCUT2D eigenvalue weighted by atomic mass is 9.98. The van der Waals surface area contributed by atoms with Gasteiger partial charge in [-0.2, -0.15) is 4.68 Å². The second kappa shape index (κ2) is 9.95. The number of phenols is 1. The molecule has 1 amide bonds. The normalized spacial score (nSPS) is 12.9. The summed E-state index contributed by atoms with van der Waals surface area (Å²) in [6.45, 7) is 5.46. The van der Waals surface area contributed by atoms with Crippen LogP contribution in [0.1, 0.15) is 62.9 Å². The maximum atomic E-state index is 13.5. The molecule has 0 saturated carbocycles. The summed E-state index contributed by atoms with van der Waals surface area (Å²) in [5, 5.41) is 18.4. The summed E-state index contributed by atoms with van der Waals surface area (Å²) in [5.41, 5.74) is 3.24. The van der Waals surface area contributed by atoms with E-state index in [2.05, 4.69) is 32.3 Å². The molecule has 202 valence electrons. The molecule has 2 aromatic heterocycles. The van der Waals surface area contributed by atoms with Crippen LogP contribution >= 0.6 is 0 Å². The number of phenolic OH excluding ortho intramolecular Hbond substituents is 1. The van der Waals surface area contributed by atoms with Gasteiger partial charge in [0.05, 0.1) is 5.56 Å². The van der Waals surface area contributed by atoms with E-state index in [4.69, 9.17) is 4.74 Å². The van der Waals surface area contributed by atoms with E-state index >= 15 is 0 Å². The first kappa shape index (κ1) is 26.0. The molecule has 1 aliphatic rings. The van der Waals surface area contributed by atoms with Crippen LogP contribution in [0.5, 0.6) is 11.5 Å². The maximum absolute atomic E-state index is 13.5. The van der Waals surface area contributed by atoms with Crippen molar-refractivity contribution in [2.24, 2.45) is 7.05 Å². The summed E-state index contributed by atoms with van der Waals surface area (Å²) in [6, 6.07) is 9.05. The van der Waals surface area contributed by atoms with E-state index in [1.54, 1.807) is 11.0 Å². The molecule has 0 bridgehead atoms. The number of amides is 1. The Morgan fingerprint density at radius 2 is 1.87 bits per heavy atom. The molecule has 39 heavy (non-hydrogen) atoms. The zero-order chi connectivity index (χ0) is 28.0. The fourth-order valence-corrected chi connectivity index (χ4v) is 4.70. The second-order valence-electron chi connectivity index (χ2n) is 10.2. The van der Waals surface area contributed by atoms with Crippen molar-refractivity contribution in [1.29, 1.82) is 0 Å². The van der Waals surface area contributed by atoms with E-state index in [0.29, 0.717) is 18.7 Å². The van der Waals surface area contributed by atoms with E-state index in [-0.39, 0.29) is 40.2 Å². The fraction of sp³-hybridized carbons (Fsp3) is 0.333. The van der Waals surface area contributed by atoms with Gasteiger partial charge in [-0.15, -0.1) is 5.10 Å². The van der Waals surface area contributed by atoms with Crippen molar-refractivity contribution >= 4 is 17.5 Å². The Labute approximate surface area is 224 Å². The largest absolute Gasteiger partial charge is 0.507 e. The summed E-state index contributed by atoms with van der Waals surface area (Å²) < 4.78 is 7.68. The van der Waals surface area contributed by atoms with Gasteiger partial charge in [-0.25, -0.2) is 19.0 Å². The highest BCUT2D eigenvalue weighted by Crippen LogP contribution is 2.36. The molecule has 0 atom stereocenters. The van der Waals surface area contributed by atoms with E-state index in [1.165, 1.54) is 25.0 Å². The van der Waals surface area contributed by atoms with Gasteiger partial charge in [0.1, 0.15) is 17.8 Å². The molecular formula is C27H29N7O5. The van der Waals surface area contributed by atoms with Gasteiger partial charge in [-0.1, -0.05) is 37.3 Å². The molecule has 4 aromatic rings. The Morgan fingerprint density at radius 1 is 1.13 bits per heavy atom. The number of ether oxygens (including phenoxy) is 1. The van der Waals surface area contributed by atoms with Gasteiger partial charge in [0.15, 0.2) is 11.3 Å². The second-order valence-corrected chi connectivity index (χ2v) is 10.2. The highest BCUT2D eigenvalue weighted by molar-refractivity contribution is 5.98. The van der Waals surface area contributed by atoms with E-state index in [0.717, 1.165) is 26.8 Å². The topological polar surface area (TPSA) is 135 Å². The third kappa shape index (κ3) is 4.86. The Kier molecular flexibility index (Phi) is 6.64. The van der Waals surface area contributed by atoms with E-state index in [1.807, 2.05) is 34.0 Å². The quantitative estimate of drug-likeness (QED) is 0.293. The maximum Gasteiger partial charge on any atom is 0.366 e. The zero-order valence-electron chi connectivity index (χ0n) is 22.4. The van der Waals surface area contributed by atoms with Gasteiger partial charge in [0.25, 0.3) is 5.91 Å². The summed E-state index contributed by atoms with van der Waals surface area (Å²) in [5.74, 6) is -1.55. The first-order valence-electron chi connectivity index (χ1n) is 12.4. The van der Waals surface area contributed by atoms with Crippen molar-refractivity contribution < 1.29 is 19.4 Å². The average Bonchev–Trinajstić information content (AvgIpc) is 3.50. The predicted molar refractivity (Wildman–Crippen MR) is 141 cm³/mol. The Balaban J connectivity index is 1.41. The SMILES string of the molecule is CC(C)c1cc(C(=O)N2Cc3ccc(CN(C)C)cc3C2)c(O)cc1OC(=O)c1ncn2c(=O)n(C)nnc12. The van der Waals surface area contributed by atoms with Crippen molar-refractivity contribution in [1.82, 2.24) is 34.2 Å². The number of aromatic hydroxyl groups is 1. The van der Waals surface area contributed by atoms with Crippen LogP contribution in [-0.4, -0.2) is 65.3 Å².